The fraction of sp³-hybridized carbons (Fsp3) is 0.0556. The second kappa shape index (κ2) is 6.00. The first-order valence-corrected chi connectivity index (χ1v) is 7.52. The Bertz CT molecular complexity index is 972. The third kappa shape index (κ3) is 2.77. The first kappa shape index (κ1) is 14.2. The molecule has 2 N–H and O–H groups in total. The number of aromatic nitrogens is 3. The highest BCUT2D eigenvalue weighted by molar-refractivity contribution is 5.94. The van der Waals surface area contributed by atoms with E-state index in [1.807, 2.05) is 54.6 Å². The van der Waals surface area contributed by atoms with Crippen molar-refractivity contribution in [2.45, 2.75) is 6.42 Å². The van der Waals surface area contributed by atoms with Gasteiger partial charge in [-0.15, -0.1) is 0 Å². The van der Waals surface area contributed by atoms with Crippen LogP contribution in [0.4, 0.5) is 5.69 Å². The Morgan fingerprint density at radius 1 is 1.08 bits per heavy atom. The predicted molar refractivity (Wildman–Crippen MR) is 90.4 cm³/mol. The molecule has 0 saturated carbocycles. The number of nitrogens with zero attached hydrogens (tertiary/aromatic N) is 2. The summed E-state index contributed by atoms with van der Waals surface area (Å²) in [7, 11) is 0. The van der Waals surface area contributed by atoms with Crippen molar-refractivity contribution in [1.82, 2.24) is 15.4 Å². The summed E-state index contributed by atoms with van der Waals surface area (Å²) >= 11 is 0. The molecule has 0 aliphatic carbocycles. The number of rotatable bonds is 4. The van der Waals surface area contributed by atoms with Gasteiger partial charge in [0.15, 0.2) is 5.58 Å². The minimum Gasteiger partial charge on any atom is -0.356 e. The normalized spacial score (nSPS) is 10.8. The zero-order valence-corrected chi connectivity index (χ0v) is 12.7. The molecule has 2 heterocycles. The number of aromatic amines is 1. The van der Waals surface area contributed by atoms with Crippen LogP contribution < -0.4 is 5.32 Å². The van der Waals surface area contributed by atoms with Crippen LogP contribution in [0.5, 0.6) is 0 Å². The van der Waals surface area contributed by atoms with Crippen molar-refractivity contribution in [3.63, 3.8) is 0 Å². The largest absolute Gasteiger partial charge is 0.356 e. The molecule has 0 spiro atoms. The van der Waals surface area contributed by atoms with Crippen molar-refractivity contribution in [2.24, 2.45) is 0 Å². The number of anilines is 1. The van der Waals surface area contributed by atoms with Crippen molar-refractivity contribution in [3.05, 3.63) is 66.5 Å². The lowest BCUT2D eigenvalue weighted by Crippen LogP contribution is -2.14. The number of H-pyrrole nitrogens is 1. The van der Waals surface area contributed by atoms with E-state index in [2.05, 4.69) is 20.7 Å². The zero-order chi connectivity index (χ0) is 16.4. The molecule has 118 valence electrons. The molecule has 6 heteroatoms. The smallest absolute Gasteiger partial charge is 0.230 e. The van der Waals surface area contributed by atoms with Gasteiger partial charge in [-0.1, -0.05) is 29.4 Å². The molecule has 0 aliphatic heterocycles. The Labute approximate surface area is 137 Å². The summed E-state index contributed by atoms with van der Waals surface area (Å²) in [5.41, 5.74) is 3.99. The lowest BCUT2D eigenvalue weighted by molar-refractivity contribution is -0.115. The van der Waals surface area contributed by atoms with Crippen LogP contribution in [0.3, 0.4) is 0 Å². The molecular formula is C18H14N4O2. The van der Waals surface area contributed by atoms with Gasteiger partial charge >= 0.3 is 0 Å². The number of para-hydroxylation sites is 1. The minimum absolute atomic E-state index is 0.136. The lowest BCUT2D eigenvalue weighted by atomic mass is 10.1. The summed E-state index contributed by atoms with van der Waals surface area (Å²) in [5.74, 6) is -0.136. The van der Waals surface area contributed by atoms with Gasteiger partial charge in [0.2, 0.25) is 5.91 Å². The first-order chi connectivity index (χ1) is 11.8. The Hall–Kier alpha value is -3.41. The maximum Gasteiger partial charge on any atom is 0.230 e. The van der Waals surface area contributed by atoms with E-state index >= 15 is 0 Å². The molecule has 0 aliphatic rings. The number of fused-ring (bicyclic) bond motifs is 1. The number of carbonyl (C=O) groups is 1. The van der Waals surface area contributed by atoms with E-state index in [1.165, 1.54) is 0 Å². The maximum atomic E-state index is 12.2. The van der Waals surface area contributed by atoms with Crippen LogP contribution in [0.2, 0.25) is 0 Å². The van der Waals surface area contributed by atoms with E-state index in [1.54, 1.807) is 6.20 Å². The Balaban J connectivity index is 1.46. The molecule has 4 aromatic rings. The summed E-state index contributed by atoms with van der Waals surface area (Å²) in [5, 5.41) is 14.5. The van der Waals surface area contributed by atoms with E-state index in [0.29, 0.717) is 11.3 Å². The van der Waals surface area contributed by atoms with E-state index in [4.69, 9.17) is 4.52 Å². The molecule has 0 unspecified atom stereocenters. The van der Waals surface area contributed by atoms with Gasteiger partial charge in [-0.3, -0.25) is 9.89 Å². The molecule has 4 rings (SSSR count). The van der Waals surface area contributed by atoms with Crippen LogP contribution in [-0.4, -0.2) is 21.3 Å². The van der Waals surface area contributed by atoms with Crippen LogP contribution in [-0.2, 0) is 11.2 Å². The van der Waals surface area contributed by atoms with Crippen LogP contribution in [0.25, 0.3) is 22.2 Å². The summed E-state index contributed by atoms with van der Waals surface area (Å²) in [6.07, 6.45) is 1.87. The predicted octanol–water partition coefficient (Wildman–Crippen LogP) is 3.40. The third-order valence-electron chi connectivity index (χ3n) is 3.76. The minimum atomic E-state index is -0.136. The molecule has 0 fully saturated rings. The van der Waals surface area contributed by atoms with Gasteiger partial charge in [-0.2, -0.15) is 5.10 Å². The van der Waals surface area contributed by atoms with Gasteiger partial charge in [0, 0.05) is 17.3 Å². The fourth-order valence-corrected chi connectivity index (χ4v) is 2.57. The quantitative estimate of drug-likeness (QED) is 0.604. The molecule has 6 nitrogen and oxygen atoms in total. The second-order valence-corrected chi connectivity index (χ2v) is 5.40. The maximum absolute atomic E-state index is 12.2. The average Bonchev–Trinajstić information content (AvgIpc) is 3.26. The molecule has 0 atom stereocenters. The van der Waals surface area contributed by atoms with Crippen molar-refractivity contribution in [3.8, 4) is 11.3 Å². The number of benzene rings is 2. The van der Waals surface area contributed by atoms with Gasteiger partial charge in [-0.25, -0.2) is 0 Å². The van der Waals surface area contributed by atoms with E-state index in [9.17, 15) is 4.79 Å². The summed E-state index contributed by atoms with van der Waals surface area (Å²) in [6, 6.07) is 17.0. The molecule has 1 amide bonds. The zero-order valence-electron chi connectivity index (χ0n) is 12.7. The van der Waals surface area contributed by atoms with Crippen molar-refractivity contribution >= 4 is 22.6 Å². The lowest BCUT2D eigenvalue weighted by Gasteiger charge is -2.05. The number of amides is 1. The molecule has 0 bridgehead atoms. The Kier molecular flexibility index (Phi) is 3.55. The van der Waals surface area contributed by atoms with Crippen LogP contribution in [0.15, 0.2) is 65.3 Å². The standard InChI is InChI=1S/C18H14N4O2/c23-18(11-16-14-3-1-2-4-17(14)24-22-16)20-13-7-5-12(6-8-13)15-9-10-19-21-15/h1-10H,11H2,(H,19,21)(H,20,23). The second-order valence-electron chi connectivity index (χ2n) is 5.40. The highest BCUT2D eigenvalue weighted by atomic mass is 16.5. The summed E-state index contributed by atoms with van der Waals surface area (Å²) < 4.78 is 5.22. The molecular weight excluding hydrogens is 304 g/mol. The topological polar surface area (TPSA) is 83.8 Å². The average molecular weight is 318 g/mol. The molecule has 2 aromatic heterocycles. The SMILES string of the molecule is O=C(Cc1noc2ccccc12)Nc1ccc(-c2ccn[nH]2)cc1. The fourth-order valence-electron chi connectivity index (χ4n) is 2.57. The van der Waals surface area contributed by atoms with Gasteiger partial charge in [0.25, 0.3) is 0 Å². The number of hydrogen-bond acceptors (Lipinski definition) is 4. The molecule has 24 heavy (non-hydrogen) atoms. The van der Waals surface area contributed by atoms with Gasteiger partial charge in [-0.05, 0) is 35.9 Å². The van der Waals surface area contributed by atoms with Crippen LogP contribution in [0, 0.1) is 0 Å². The first-order valence-electron chi connectivity index (χ1n) is 7.52. The van der Waals surface area contributed by atoms with Gasteiger partial charge in [0.05, 0.1) is 12.1 Å². The number of hydrogen-bond donors (Lipinski definition) is 2. The third-order valence-corrected chi connectivity index (χ3v) is 3.76. The van der Waals surface area contributed by atoms with Crippen molar-refractivity contribution in [2.75, 3.05) is 5.32 Å². The van der Waals surface area contributed by atoms with Crippen LogP contribution in [0.1, 0.15) is 5.69 Å². The van der Waals surface area contributed by atoms with Crippen molar-refractivity contribution < 1.29 is 9.32 Å². The van der Waals surface area contributed by atoms with E-state index in [0.717, 1.165) is 22.3 Å². The van der Waals surface area contributed by atoms with E-state index in [-0.39, 0.29) is 12.3 Å². The number of nitrogens with one attached hydrogen (secondary N) is 2. The molecule has 2 aromatic carbocycles. The Morgan fingerprint density at radius 3 is 2.71 bits per heavy atom. The highest BCUT2D eigenvalue weighted by Crippen LogP contribution is 2.20. The summed E-state index contributed by atoms with van der Waals surface area (Å²) in [6.45, 7) is 0. The molecule has 0 saturated heterocycles. The summed E-state index contributed by atoms with van der Waals surface area (Å²) in [4.78, 5) is 12.2. The number of carbonyl (C=O) groups excluding carboxylic acids is 1. The van der Waals surface area contributed by atoms with Crippen LogP contribution >= 0.6 is 0 Å². The van der Waals surface area contributed by atoms with Crippen molar-refractivity contribution in [1.29, 1.82) is 0 Å². The van der Waals surface area contributed by atoms with Gasteiger partial charge < -0.3 is 9.84 Å². The highest BCUT2D eigenvalue weighted by Gasteiger charge is 2.12. The molecule has 0 radical (unpaired) electrons. The van der Waals surface area contributed by atoms with Gasteiger partial charge in [0.1, 0.15) is 5.69 Å². The monoisotopic (exact) mass is 318 g/mol. The van der Waals surface area contributed by atoms with E-state index < -0.39 is 0 Å². The Morgan fingerprint density at radius 2 is 1.92 bits per heavy atom.